The Labute approximate surface area is 102 Å². The molecule has 2 N–H and O–H groups in total. The van der Waals surface area contributed by atoms with Crippen LogP contribution in [0.25, 0.3) is 0 Å². The van der Waals surface area contributed by atoms with Crippen molar-refractivity contribution in [1.82, 2.24) is 15.3 Å². The third-order valence-corrected chi connectivity index (χ3v) is 3.25. The lowest BCUT2D eigenvalue weighted by molar-refractivity contribution is 0.724. The molecule has 1 saturated heterocycles. The van der Waals surface area contributed by atoms with Crippen LogP contribution in [-0.2, 0) is 0 Å². The minimum Gasteiger partial charge on any atom is -0.367 e. The second-order valence-electron chi connectivity index (χ2n) is 4.77. The molecule has 3 rings (SSSR count). The summed E-state index contributed by atoms with van der Waals surface area (Å²) in [6.45, 7) is 4.25. The van der Waals surface area contributed by atoms with Crippen molar-refractivity contribution in [2.45, 2.75) is 25.3 Å². The standard InChI is InChI=1S/C12H19N5/c1-4-13-5-7-17(6-1)12-8-11(14-9-15-12)16-10-2-3-10/h8-10,13H,1-7H2,(H,14,15,16). The largest absolute Gasteiger partial charge is 0.367 e. The maximum absolute atomic E-state index is 4.38. The van der Waals surface area contributed by atoms with Gasteiger partial charge in [-0.15, -0.1) is 0 Å². The minimum absolute atomic E-state index is 0.642. The van der Waals surface area contributed by atoms with Crippen molar-refractivity contribution < 1.29 is 0 Å². The van der Waals surface area contributed by atoms with E-state index in [1.54, 1.807) is 6.33 Å². The van der Waals surface area contributed by atoms with Crippen LogP contribution >= 0.6 is 0 Å². The Morgan fingerprint density at radius 1 is 1.24 bits per heavy atom. The zero-order valence-corrected chi connectivity index (χ0v) is 10.0. The molecule has 2 aliphatic rings. The van der Waals surface area contributed by atoms with Gasteiger partial charge in [0.05, 0.1) is 0 Å². The van der Waals surface area contributed by atoms with Crippen LogP contribution in [0.3, 0.4) is 0 Å². The molecule has 0 aromatic carbocycles. The molecule has 1 aliphatic carbocycles. The van der Waals surface area contributed by atoms with Gasteiger partial charge in [-0.05, 0) is 25.8 Å². The van der Waals surface area contributed by atoms with Gasteiger partial charge in [-0.2, -0.15) is 0 Å². The van der Waals surface area contributed by atoms with Crippen LogP contribution in [0.4, 0.5) is 11.6 Å². The maximum atomic E-state index is 4.38. The fourth-order valence-corrected chi connectivity index (χ4v) is 2.11. The summed E-state index contributed by atoms with van der Waals surface area (Å²) in [7, 11) is 0. The van der Waals surface area contributed by atoms with Gasteiger partial charge >= 0.3 is 0 Å². The summed E-state index contributed by atoms with van der Waals surface area (Å²) in [4.78, 5) is 11.0. The molecule has 1 saturated carbocycles. The van der Waals surface area contributed by atoms with Gasteiger partial charge in [0.1, 0.15) is 18.0 Å². The minimum atomic E-state index is 0.642. The van der Waals surface area contributed by atoms with E-state index in [-0.39, 0.29) is 0 Å². The molecule has 1 aromatic rings. The van der Waals surface area contributed by atoms with Crippen molar-refractivity contribution in [3.63, 3.8) is 0 Å². The van der Waals surface area contributed by atoms with E-state index < -0.39 is 0 Å². The molecule has 0 amide bonds. The van der Waals surface area contributed by atoms with Gasteiger partial charge in [-0.25, -0.2) is 9.97 Å². The highest BCUT2D eigenvalue weighted by Gasteiger charge is 2.21. The van der Waals surface area contributed by atoms with Gasteiger partial charge in [-0.3, -0.25) is 0 Å². The Hall–Kier alpha value is -1.36. The van der Waals surface area contributed by atoms with E-state index in [2.05, 4.69) is 31.6 Å². The molecule has 2 fully saturated rings. The molecular formula is C12H19N5. The Kier molecular flexibility index (Phi) is 3.09. The lowest BCUT2D eigenvalue weighted by Gasteiger charge is -2.21. The highest BCUT2D eigenvalue weighted by atomic mass is 15.2. The molecule has 0 radical (unpaired) electrons. The number of aromatic nitrogens is 2. The first kappa shape index (κ1) is 10.8. The monoisotopic (exact) mass is 233 g/mol. The first-order valence-corrected chi connectivity index (χ1v) is 6.46. The topological polar surface area (TPSA) is 53.1 Å². The van der Waals surface area contributed by atoms with E-state index >= 15 is 0 Å². The van der Waals surface area contributed by atoms with Gasteiger partial charge in [-0.1, -0.05) is 0 Å². The first-order valence-electron chi connectivity index (χ1n) is 6.46. The van der Waals surface area contributed by atoms with Crippen molar-refractivity contribution in [3.05, 3.63) is 12.4 Å². The summed E-state index contributed by atoms with van der Waals surface area (Å²) in [5.41, 5.74) is 0. The quantitative estimate of drug-likeness (QED) is 0.810. The lowest BCUT2D eigenvalue weighted by atomic mass is 10.4. The normalized spacial score (nSPS) is 21.1. The number of nitrogens with one attached hydrogen (secondary N) is 2. The van der Waals surface area contributed by atoms with Crippen LogP contribution < -0.4 is 15.5 Å². The number of hydrogen-bond acceptors (Lipinski definition) is 5. The Bertz CT molecular complexity index is 369. The number of anilines is 2. The number of rotatable bonds is 3. The third kappa shape index (κ3) is 2.85. The molecule has 2 heterocycles. The maximum Gasteiger partial charge on any atom is 0.134 e. The predicted octanol–water partition coefficient (Wildman–Crippen LogP) is 0.851. The summed E-state index contributed by atoms with van der Waals surface area (Å²) in [6, 6.07) is 2.72. The Balaban J connectivity index is 1.71. The van der Waals surface area contributed by atoms with Crippen molar-refractivity contribution in [1.29, 1.82) is 0 Å². The number of nitrogens with zero attached hydrogens (tertiary/aromatic N) is 3. The second kappa shape index (κ2) is 4.87. The van der Waals surface area contributed by atoms with Crippen molar-refractivity contribution in [2.24, 2.45) is 0 Å². The van der Waals surface area contributed by atoms with E-state index in [4.69, 9.17) is 0 Å². The molecule has 0 unspecified atom stereocenters. The van der Waals surface area contributed by atoms with Crippen molar-refractivity contribution >= 4 is 11.6 Å². The van der Waals surface area contributed by atoms with Crippen LogP contribution in [-0.4, -0.2) is 42.2 Å². The molecule has 92 valence electrons. The molecule has 5 heteroatoms. The van der Waals surface area contributed by atoms with E-state index in [9.17, 15) is 0 Å². The number of hydrogen-bond donors (Lipinski definition) is 2. The zero-order chi connectivity index (χ0) is 11.5. The zero-order valence-electron chi connectivity index (χ0n) is 10.0. The summed E-state index contributed by atoms with van der Waals surface area (Å²) >= 11 is 0. The second-order valence-corrected chi connectivity index (χ2v) is 4.77. The average Bonchev–Trinajstić information content (AvgIpc) is 3.15. The smallest absolute Gasteiger partial charge is 0.134 e. The highest BCUT2D eigenvalue weighted by Crippen LogP contribution is 2.24. The van der Waals surface area contributed by atoms with Crippen LogP contribution in [0.2, 0.25) is 0 Å². The van der Waals surface area contributed by atoms with Gasteiger partial charge in [0.15, 0.2) is 0 Å². The summed E-state index contributed by atoms with van der Waals surface area (Å²) in [6.07, 6.45) is 5.38. The Morgan fingerprint density at radius 2 is 2.18 bits per heavy atom. The van der Waals surface area contributed by atoms with Gasteiger partial charge < -0.3 is 15.5 Å². The molecule has 17 heavy (non-hydrogen) atoms. The average molecular weight is 233 g/mol. The van der Waals surface area contributed by atoms with Crippen LogP contribution in [0.1, 0.15) is 19.3 Å². The van der Waals surface area contributed by atoms with E-state index in [0.717, 1.165) is 37.8 Å². The molecule has 1 aliphatic heterocycles. The van der Waals surface area contributed by atoms with Crippen molar-refractivity contribution in [3.8, 4) is 0 Å². The Morgan fingerprint density at radius 3 is 3.06 bits per heavy atom. The van der Waals surface area contributed by atoms with Crippen LogP contribution in [0, 0.1) is 0 Å². The highest BCUT2D eigenvalue weighted by molar-refractivity contribution is 5.49. The van der Waals surface area contributed by atoms with E-state index in [0.29, 0.717) is 6.04 Å². The summed E-state index contributed by atoms with van der Waals surface area (Å²) in [5, 5.41) is 6.82. The van der Waals surface area contributed by atoms with Gasteiger partial charge in [0.25, 0.3) is 0 Å². The summed E-state index contributed by atoms with van der Waals surface area (Å²) in [5.74, 6) is 2.02. The predicted molar refractivity (Wildman–Crippen MR) is 68.4 cm³/mol. The first-order chi connectivity index (χ1) is 8.42. The van der Waals surface area contributed by atoms with Crippen LogP contribution in [0.15, 0.2) is 12.4 Å². The van der Waals surface area contributed by atoms with Gasteiger partial charge in [0.2, 0.25) is 0 Å². The summed E-state index contributed by atoms with van der Waals surface area (Å²) < 4.78 is 0. The third-order valence-electron chi connectivity index (χ3n) is 3.25. The molecule has 0 spiro atoms. The SMILES string of the molecule is c1nc(NC2CC2)cc(N2CCCNCC2)n1. The molecule has 0 bridgehead atoms. The van der Waals surface area contributed by atoms with E-state index in [1.807, 2.05) is 0 Å². The lowest BCUT2D eigenvalue weighted by Crippen LogP contribution is -2.28. The molecule has 1 aromatic heterocycles. The van der Waals surface area contributed by atoms with Gasteiger partial charge in [0, 0.05) is 31.7 Å². The molecule has 0 atom stereocenters. The fraction of sp³-hybridized carbons (Fsp3) is 0.667. The molecule has 5 nitrogen and oxygen atoms in total. The van der Waals surface area contributed by atoms with Crippen molar-refractivity contribution in [2.75, 3.05) is 36.4 Å². The van der Waals surface area contributed by atoms with Crippen LogP contribution in [0.5, 0.6) is 0 Å². The molecular weight excluding hydrogens is 214 g/mol. The van der Waals surface area contributed by atoms with E-state index in [1.165, 1.54) is 19.3 Å². The fourth-order valence-electron chi connectivity index (χ4n) is 2.11.